The quantitative estimate of drug-likeness (QED) is 0.405. The highest BCUT2D eigenvalue weighted by molar-refractivity contribution is 6.30. The summed E-state index contributed by atoms with van der Waals surface area (Å²) >= 11 is 6.13. The lowest BCUT2D eigenvalue weighted by molar-refractivity contribution is -0.120. The van der Waals surface area contributed by atoms with Crippen molar-refractivity contribution >= 4 is 29.2 Å². The number of hydrogen-bond acceptors (Lipinski definition) is 6. The second-order valence-electron chi connectivity index (χ2n) is 9.05. The third kappa shape index (κ3) is 4.90. The molecule has 10 heteroatoms. The van der Waals surface area contributed by atoms with E-state index in [4.69, 9.17) is 22.4 Å². The van der Waals surface area contributed by atoms with Gasteiger partial charge in [-0.25, -0.2) is 19.1 Å². The second kappa shape index (κ2) is 10.0. The van der Waals surface area contributed by atoms with Gasteiger partial charge >= 0.3 is 5.69 Å². The number of amides is 1. The van der Waals surface area contributed by atoms with Gasteiger partial charge in [-0.05, 0) is 48.7 Å². The van der Waals surface area contributed by atoms with E-state index in [2.05, 4.69) is 10.1 Å². The molecule has 188 valence electrons. The molecule has 0 fully saturated rings. The third-order valence-corrected chi connectivity index (χ3v) is 6.67. The lowest BCUT2D eigenvalue weighted by Gasteiger charge is -2.18. The Balaban J connectivity index is 1.60. The monoisotopic (exact) mass is 515 g/mol. The molecular formula is C27H26ClN7O2. The zero-order valence-electron chi connectivity index (χ0n) is 20.5. The van der Waals surface area contributed by atoms with Crippen LogP contribution in [0.4, 0.5) is 5.95 Å². The highest BCUT2D eigenvalue weighted by Crippen LogP contribution is 2.32. The maximum absolute atomic E-state index is 13.4. The summed E-state index contributed by atoms with van der Waals surface area (Å²) in [4.78, 5) is 30.0. The number of nitrogens with zero attached hydrogens (tertiary/aromatic N) is 6. The van der Waals surface area contributed by atoms with E-state index in [9.17, 15) is 9.59 Å². The van der Waals surface area contributed by atoms with Gasteiger partial charge in [0.15, 0.2) is 0 Å². The Labute approximate surface area is 218 Å². The molecular weight excluding hydrogens is 490 g/mol. The highest BCUT2D eigenvalue weighted by Gasteiger charge is 2.34. The topological polar surface area (TPSA) is 111 Å². The summed E-state index contributed by atoms with van der Waals surface area (Å²) in [7, 11) is 0. The number of benzene rings is 2. The molecule has 3 heterocycles. The minimum Gasteiger partial charge on any atom is -0.368 e. The summed E-state index contributed by atoms with van der Waals surface area (Å²) in [5, 5.41) is 11.8. The largest absolute Gasteiger partial charge is 0.368 e. The van der Waals surface area contributed by atoms with Gasteiger partial charge in [-0.1, -0.05) is 60.1 Å². The molecule has 2 aromatic carbocycles. The van der Waals surface area contributed by atoms with E-state index < -0.39 is 17.6 Å². The van der Waals surface area contributed by atoms with E-state index in [0.29, 0.717) is 17.3 Å². The number of aromatic nitrogens is 4. The van der Waals surface area contributed by atoms with Crippen molar-refractivity contribution < 1.29 is 4.79 Å². The maximum Gasteiger partial charge on any atom is 0.348 e. The van der Waals surface area contributed by atoms with E-state index in [1.54, 1.807) is 18.1 Å². The van der Waals surface area contributed by atoms with Crippen molar-refractivity contribution in [1.82, 2.24) is 19.3 Å². The van der Waals surface area contributed by atoms with Gasteiger partial charge in [0.05, 0.1) is 24.5 Å². The molecule has 1 amide bonds. The summed E-state index contributed by atoms with van der Waals surface area (Å²) in [5.41, 5.74) is 9.62. The van der Waals surface area contributed by atoms with Crippen LogP contribution in [0.5, 0.6) is 0 Å². The fourth-order valence-corrected chi connectivity index (χ4v) is 4.48. The third-order valence-electron chi connectivity index (χ3n) is 6.42. The van der Waals surface area contributed by atoms with E-state index in [0.717, 1.165) is 22.4 Å². The molecule has 2 aromatic heterocycles. The lowest BCUT2D eigenvalue weighted by Crippen LogP contribution is -2.35. The molecule has 37 heavy (non-hydrogen) atoms. The van der Waals surface area contributed by atoms with Gasteiger partial charge in [-0.3, -0.25) is 9.78 Å². The van der Waals surface area contributed by atoms with Gasteiger partial charge in [0.25, 0.3) is 0 Å². The number of rotatable bonds is 7. The molecule has 1 aliphatic heterocycles. The molecule has 9 nitrogen and oxygen atoms in total. The normalized spacial score (nSPS) is 16.0. The Morgan fingerprint density at radius 1 is 1.11 bits per heavy atom. The number of carbonyl (C=O) groups is 1. The Morgan fingerprint density at radius 2 is 1.84 bits per heavy atom. The Hall–Kier alpha value is -4.24. The van der Waals surface area contributed by atoms with Gasteiger partial charge in [-0.2, -0.15) is 5.10 Å². The predicted molar refractivity (Wildman–Crippen MR) is 143 cm³/mol. The van der Waals surface area contributed by atoms with Crippen molar-refractivity contribution in [2.45, 2.75) is 32.4 Å². The molecule has 0 bridgehead atoms. The van der Waals surface area contributed by atoms with Crippen LogP contribution in [0.1, 0.15) is 41.3 Å². The van der Waals surface area contributed by atoms with Gasteiger partial charge in [0.1, 0.15) is 6.04 Å². The number of carbonyl (C=O) groups excluding carboxylic acids is 1. The van der Waals surface area contributed by atoms with Crippen LogP contribution in [0, 0.1) is 6.92 Å². The molecule has 0 saturated heterocycles. The molecule has 2 N–H and O–H groups in total. The van der Waals surface area contributed by atoms with E-state index >= 15 is 0 Å². The lowest BCUT2D eigenvalue weighted by atomic mass is 9.91. The van der Waals surface area contributed by atoms with Crippen molar-refractivity contribution in [3.63, 3.8) is 0 Å². The van der Waals surface area contributed by atoms with E-state index in [-0.39, 0.29) is 18.4 Å². The van der Waals surface area contributed by atoms with Crippen LogP contribution in [-0.2, 0) is 11.3 Å². The van der Waals surface area contributed by atoms with Crippen LogP contribution in [0.3, 0.4) is 0 Å². The number of primary amides is 1. The van der Waals surface area contributed by atoms with Gasteiger partial charge < -0.3 is 5.73 Å². The standard InChI is InChI=1S/C27H26ClN7O2/c1-17-8-13-22(30-14-17)15-34-27(37)35(18(2)25(29)36)26(32-34)33-16-23(19-6-4-3-5-7-19)24(31-33)20-9-11-21(28)12-10-20/h3-14,18,23H,15-16H2,1-2H3,(H2,29,36)/t18-,23-/m0/s1. The summed E-state index contributed by atoms with van der Waals surface area (Å²) < 4.78 is 2.59. The minimum atomic E-state index is -0.924. The Kier molecular flexibility index (Phi) is 6.62. The number of nitrogens with two attached hydrogens (primary N) is 1. The molecule has 0 saturated carbocycles. The first-order valence-electron chi connectivity index (χ1n) is 11.9. The van der Waals surface area contributed by atoms with Crippen molar-refractivity contribution in [1.29, 1.82) is 0 Å². The molecule has 5 rings (SSSR count). The predicted octanol–water partition coefficient (Wildman–Crippen LogP) is 3.50. The van der Waals surface area contributed by atoms with Gasteiger partial charge in [0, 0.05) is 17.1 Å². The molecule has 0 radical (unpaired) electrons. The summed E-state index contributed by atoms with van der Waals surface area (Å²) in [6.07, 6.45) is 1.73. The first kappa shape index (κ1) is 24.5. The number of hydrogen-bond donors (Lipinski definition) is 1. The first-order chi connectivity index (χ1) is 17.8. The average Bonchev–Trinajstić information content (AvgIpc) is 3.48. The van der Waals surface area contributed by atoms with Crippen LogP contribution >= 0.6 is 11.6 Å². The van der Waals surface area contributed by atoms with Crippen LogP contribution < -0.4 is 16.4 Å². The Bertz CT molecular complexity index is 1510. The SMILES string of the molecule is Cc1ccc(Cn2nc(N3C[C@@H](c4ccccc4)C(c4ccc(Cl)cc4)=N3)n([C@@H](C)C(N)=O)c2=O)nc1. The fraction of sp³-hybridized carbons (Fsp3) is 0.222. The first-order valence-corrected chi connectivity index (χ1v) is 12.3. The number of hydrazone groups is 1. The molecule has 0 unspecified atom stereocenters. The molecule has 1 aliphatic rings. The Morgan fingerprint density at radius 3 is 2.49 bits per heavy atom. The van der Waals surface area contributed by atoms with Crippen molar-refractivity contribution in [3.8, 4) is 0 Å². The number of halogens is 1. The molecule has 0 spiro atoms. The smallest absolute Gasteiger partial charge is 0.348 e. The minimum absolute atomic E-state index is 0.0984. The summed E-state index contributed by atoms with van der Waals surface area (Å²) in [6.45, 7) is 4.09. The highest BCUT2D eigenvalue weighted by atomic mass is 35.5. The van der Waals surface area contributed by atoms with Crippen LogP contribution in [0.25, 0.3) is 0 Å². The van der Waals surface area contributed by atoms with E-state index in [1.807, 2.05) is 73.7 Å². The zero-order valence-corrected chi connectivity index (χ0v) is 21.2. The van der Waals surface area contributed by atoms with Crippen molar-refractivity contribution in [2.24, 2.45) is 10.8 Å². The molecule has 2 atom stereocenters. The average molecular weight is 516 g/mol. The van der Waals surface area contributed by atoms with Crippen molar-refractivity contribution in [2.75, 3.05) is 11.6 Å². The van der Waals surface area contributed by atoms with E-state index in [1.165, 1.54) is 9.25 Å². The van der Waals surface area contributed by atoms with Gasteiger partial charge in [0.2, 0.25) is 11.9 Å². The van der Waals surface area contributed by atoms with Crippen LogP contribution in [-0.4, -0.2) is 37.5 Å². The molecule has 0 aliphatic carbocycles. The zero-order chi connectivity index (χ0) is 26.1. The van der Waals surface area contributed by atoms with Gasteiger partial charge in [-0.15, -0.1) is 5.10 Å². The molecule has 4 aromatic rings. The maximum atomic E-state index is 13.4. The number of pyridine rings is 1. The number of anilines is 1. The van der Waals surface area contributed by atoms with Crippen LogP contribution in [0.15, 0.2) is 82.8 Å². The number of aryl methyl sites for hydroxylation is 1. The van der Waals surface area contributed by atoms with Crippen molar-refractivity contribution in [3.05, 3.63) is 111 Å². The second-order valence-corrected chi connectivity index (χ2v) is 9.49. The van der Waals surface area contributed by atoms with Crippen LogP contribution in [0.2, 0.25) is 5.02 Å². The fourth-order valence-electron chi connectivity index (χ4n) is 4.35. The summed E-state index contributed by atoms with van der Waals surface area (Å²) in [5.74, 6) is -0.496. The summed E-state index contributed by atoms with van der Waals surface area (Å²) in [6, 6.07) is 20.3.